The molecule has 6 heteroatoms. The normalized spacial score (nSPS) is 10.5. The highest BCUT2D eigenvalue weighted by atomic mass is 16.5. The molecule has 6 nitrogen and oxygen atoms in total. The third-order valence-electron chi connectivity index (χ3n) is 2.82. The summed E-state index contributed by atoms with van der Waals surface area (Å²) in [5, 5.41) is 0. The van der Waals surface area contributed by atoms with Crippen molar-refractivity contribution in [3.05, 3.63) is 23.9 Å². The van der Waals surface area contributed by atoms with E-state index in [1.165, 1.54) is 0 Å². The summed E-state index contributed by atoms with van der Waals surface area (Å²) in [5.74, 6) is 1.82. The maximum Gasteiger partial charge on any atom is 0.180 e. The Morgan fingerprint density at radius 3 is 2.65 bits per heavy atom. The van der Waals surface area contributed by atoms with Gasteiger partial charge in [0.25, 0.3) is 0 Å². The molecule has 20 heavy (non-hydrogen) atoms. The molecule has 0 spiro atoms. The van der Waals surface area contributed by atoms with Crippen LogP contribution in [0, 0.1) is 0 Å². The van der Waals surface area contributed by atoms with Gasteiger partial charge >= 0.3 is 0 Å². The molecule has 106 valence electrons. The second kappa shape index (κ2) is 6.79. The number of hydrogen-bond donors (Lipinski definition) is 1. The lowest BCUT2D eigenvalue weighted by Crippen LogP contribution is -1.96. The monoisotopic (exact) mass is 274 g/mol. The molecule has 1 N–H and O–H groups in total. The largest absolute Gasteiger partial charge is 0.491 e. The zero-order valence-electron chi connectivity index (χ0n) is 11.7. The lowest BCUT2D eigenvalue weighted by Gasteiger charge is -2.01. The number of carbonyl (C=O) groups excluding carboxylic acids is 1. The molecule has 2 aromatic heterocycles. The van der Waals surface area contributed by atoms with Gasteiger partial charge in [0, 0.05) is 6.42 Å². The van der Waals surface area contributed by atoms with Gasteiger partial charge in [0.15, 0.2) is 17.9 Å². The van der Waals surface area contributed by atoms with Gasteiger partial charge in [-0.1, -0.05) is 13.3 Å². The Morgan fingerprint density at radius 1 is 1.30 bits per heavy atom. The molecule has 0 radical (unpaired) electrons. The Hall–Kier alpha value is -2.24. The summed E-state index contributed by atoms with van der Waals surface area (Å²) in [5.41, 5.74) is 0.911. The lowest BCUT2D eigenvalue weighted by molar-refractivity contribution is 0.112. The first-order valence-corrected chi connectivity index (χ1v) is 6.77. The van der Waals surface area contributed by atoms with Crippen LogP contribution in [-0.4, -0.2) is 32.8 Å². The highest BCUT2D eigenvalue weighted by molar-refractivity contribution is 5.81. The van der Waals surface area contributed by atoms with E-state index in [2.05, 4.69) is 26.9 Å². The van der Waals surface area contributed by atoms with Crippen molar-refractivity contribution < 1.29 is 9.53 Å². The Balaban J connectivity index is 2.26. The summed E-state index contributed by atoms with van der Waals surface area (Å²) in [7, 11) is 0. The van der Waals surface area contributed by atoms with E-state index in [0.717, 1.165) is 31.4 Å². The number of aromatic amines is 1. The van der Waals surface area contributed by atoms with Crippen LogP contribution in [0.1, 0.15) is 43.0 Å². The molecule has 0 saturated heterocycles. The number of hydrogen-bond acceptors (Lipinski definition) is 5. The van der Waals surface area contributed by atoms with Crippen molar-refractivity contribution in [3.63, 3.8) is 0 Å². The number of rotatable bonds is 7. The number of aromatic nitrogens is 4. The van der Waals surface area contributed by atoms with Crippen LogP contribution in [-0.2, 0) is 6.42 Å². The van der Waals surface area contributed by atoms with Gasteiger partial charge in [-0.2, -0.15) is 0 Å². The minimum Gasteiger partial charge on any atom is -0.491 e. The van der Waals surface area contributed by atoms with Crippen LogP contribution in [0.3, 0.4) is 0 Å². The number of carbonyl (C=O) groups is 1. The van der Waals surface area contributed by atoms with Crippen molar-refractivity contribution in [2.75, 3.05) is 6.61 Å². The van der Waals surface area contributed by atoms with E-state index in [4.69, 9.17) is 4.74 Å². The minimum atomic E-state index is 0.417. The molecular weight excluding hydrogens is 256 g/mol. The Labute approximate surface area is 117 Å². The zero-order chi connectivity index (χ0) is 14.4. The lowest BCUT2D eigenvalue weighted by atomic mass is 10.2. The van der Waals surface area contributed by atoms with Crippen LogP contribution in [0.2, 0.25) is 0 Å². The molecule has 0 aromatic carbocycles. The molecule has 0 aliphatic rings. The van der Waals surface area contributed by atoms with E-state index in [1.54, 1.807) is 12.4 Å². The average Bonchev–Trinajstić information content (AvgIpc) is 2.89. The molecule has 2 heterocycles. The number of nitrogens with one attached hydrogen (secondary N) is 1. The highest BCUT2D eigenvalue weighted by Crippen LogP contribution is 2.18. The molecule has 0 aliphatic carbocycles. The number of ether oxygens (including phenoxy) is 1. The zero-order valence-corrected chi connectivity index (χ0v) is 11.7. The van der Waals surface area contributed by atoms with Gasteiger partial charge in [-0.3, -0.25) is 4.79 Å². The van der Waals surface area contributed by atoms with Crippen LogP contribution in [0.15, 0.2) is 12.4 Å². The highest BCUT2D eigenvalue weighted by Gasteiger charge is 2.14. The van der Waals surface area contributed by atoms with Crippen molar-refractivity contribution in [3.8, 4) is 17.3 Å². The first-order chi connectivity index (χ1) is 9.78. The second-order valence-electron chi connectivity index (χ2n) is 4.34. The van der Waals surface area contributed by atoms with Gasteiger partial charge in [-0.25, -0.2) is 15.0 Å². The van der Waals surface area contributed by atoms with Crippen LogP contribution in [0.5, 0.6) is 5.75 Å². The van der Waals surface area contributed by atoms with E-state index in [1.807, 2.05) is 6.92 Å². The van der Waals surface area contributed by atoms with Crippen molar-refractivity contribution in [1.29, 1.82) is 0 Å². The number of unbranched alkanes of at least 4 members (excludes halogenated alkanes) is 1. The van der Waals surface area contributed by atoms with Crippen molar-refractivity contribution in [2.45, 2.75) is 33.1 Å². The molecule has 0 aliphatic heterocycles. The molecular formula is C14H18N4O2. The summed E-state index contributed by atoms with van der Waals surface area (Å²) in [6.07, 6.45) is 6.83. The van der Waals surface area contributed by atoms with Crippen LogP contribution in [0.25, 0.3) is 11.5 Å². The second-order valence-corrected chi connectivity index (χ2v) is 4.34. The fourth-order valence-electron chi connectivity index (χ4n) is 1.84. The van der Waals surface area contributed by atoms with Gasteiger partial charge < -0.3 is 9.72 Å². The van der Waals surface area contributed by atoms with Crippen LogP contribution >= 0.6 is 0 Å². The molecule has 0 fully saturated rings. The van der Waals surface area contributed by atoms with Crippen molar-refractivity contribution in [2.24, 2.45) is 0 Å². The summed E-state index contributed by atoms with van der Waals surface area (Å²) in [6, 6.07) is 0. The van der Waals surface area contributed by atoms with Crippen molar-refractivity contribution >= 4 is 6.29 Å². The standard InChI is InChI=1S/C14H18N4O2/c1-3-5-6-12-17-11(9-19)13(18-12)14-15-7-10(8-16-14)20-4-2/h7-9H,3-6H2,1-2H3,(H,17,18). The fraction of sp³-hybridized carbons (Fsp3) is 0.429. The summed E-state index contributed by atoms with van der Waals surface area (Å²) < 4.78 is 5.29. The number of aryl methyl sites for hydroxylation is 1. The molecule has 2 rings (SSSR count). The average molecular weight is 274 g/mol. The van der Waals surface area contributed by atoms with E-state index in [-0.39, 0.29) is 0 Å². The third kappa shape index (κ3) is 3.20. The molecule has 2 aromatic rings. The topological polar surface area (TPSA) is 80.8 Å². The van der Waals surface area contributed by atoms with Crippen LogP contribution in [0.4, 0.5) is 0 Å². The quantitative estimate of drug-likeness (QED) is 0.784. The van der Waals surface area contributed by atoms with Gasteiger partial charge in [0.2, 0.25) is 0 Å². The predicted molar refractivity (Wildman–Crippen MR) is 74.8 cm³/mol. The van der Waals surface area contributed by atoms with E-state index < -0.39 is 0 Å². The molecule has 0 saturated carbocycles. The van der Waals surface area contributed by atoms with Crippen LogP contribution < -0.4 is 4.74 Å². The smallest absolute Gasteiger partial charge is 0.180 e. The van der Waals surface area contributed by atoms with Gasteiger partial charge in [-0.15, -0.1) is 0 Å². The maximum atomic E-state index is 11.1. The molecule has 0 amide bonds. The fourth-order valence-corrected chi connectivity index (χ4v) is 1.84. The molecule has 0 unspecified atom stereocenters. The van der Waals surface area contributed by atoms with E-state index >= 15 is 0 Å². The number of H-pyrrole nitrogens is 1. The molecule has 0 bridgehead atoms. The summed E-state index contributed by atoms with van der Waals surface area (Å²) in [6.45, 7) is 4.57. The number of aldehydes is 1. The van der Waals surface area contributed by atoms with Gasteiger partial charge in [0.1, 0.15) is 17.2 Å². The third-order valence-corrected chi connectivity index (χ3v) is 2.82. The summed E-state index contributed by atoms with van der Waals surface area (Å²) in [4.78, 5) is 26.9. The number of nitrogens with zero attached hydrogens (tertiary/aromatic N) is 3. The number of imidazole rings is 1. The molecule has 0 atom stereocenters. The van der Waals surface area contributed by atoms with Crippen molar-refractivity contribution in [1.82, 2.24) is 19.9 Å². The Bertz CT molecular complexity index is 563. The Morgan fingerprint density at radius 2 is 2.05 bits per heavy atom. The first kappa shape index (κ1) is 14.2. The SMILES string of the molecule is CCCCc1nc(-c2ncc(OCC)cn2)c(C=O)[nH]1. The summed E-state index contributed by atoms with van der Waals surface area (Å²) >= 11 is 0. The predicted octanol–water partition coefficient (Wildman–Crippen LogP) is 2.42. The van der Waals surface area contributed by atoms with Gasteiger partial charge in [-0.05, 0) is 13.3 Å². The van der Waals surface area contributed by atoms with E-state index in [0.29, 0.717) is 29.6 Å². The van der Waals surface area contributed by atoms with Gasteiger partial charge in [0.05, 0.1) is 19.0 Å². The van der Waals surface area contributed by atoms with E-state index in [9.17, 15) is 4.79 Å². The first-order valence-electron chi connectivity index (χ1n) is 6.77. The minimum absolute atomic E-state index is 0.417. The maximum absolute atomic E-state index is 11.1. The Kier molecular flexibility index (Phi) is 4.81.